The van der Waals surface area contributed by atoms with E-state index in [9.17, 15) is 9.59 Å². The quantitative estimate of drug-likeness (QED) is 0.654. The molecule has 1 aromatic carbocycles. The van der Waals surface area contributed by atoms with E-state index in [1.165, 1.54) is 14.2 Å². The van der Waals surface area contributed by atoms with Gasteiger partial charge in [0.1, 0.15) is 0 Å². The van der Waals surface area contributed by atoms with Gasteiger partial charge in [-0.25, -0.2) is 10.2 Å². The van der Waals surface area contributed by atoms with E-state index in [2.05, 4.69) is 5.43 Å². The highest BCUT2D eigenvalue weighted by atomic mass is 16.5. The van der Waals surface area contributed by atoms with Gasteiger partial charge >= 0.3 is 6.03 Å². The smallest absolute Gasteiger partial charge is 0.330 e. The molecule has 0 unspecified atom stereocenters. The summed E-state index contributed by atoms with van der Waals surface area (Å²) in [6.45, 7) is 0. The molecule has 0 bridgehead atoms. The van der Waals surface area contributed by atoms with Gasteiger partial charge in [0, 0.05) is 0 Å². The summed E-state index contributed by atoms with van der Waals surface area (Å²) in [6.07, 6.45) is 0.0840. The Bertz CT molecular complexity index is 448. The zero-order chi connectivity index (χ0) is 13.5. The minimum absolute atomic E-state index is 0.0840. The molecule has 0 radical (unpaired) electrons. The Hall–Kier alpha value is -2.44. The first kappa shape index (κ1) is 13.6. The molecule has 1 aromatic rings. The van der Waals surface area contributed by atoms with Gasteiger partial charge in [0.15, 0.2) is 11.5 Å². The number of hydrogen-bond acceptors (Lipinski definition) is 4. The predicted molar refractivity (Wildman–Crippen MR) is 64.1 cm³/mol. The summed E-state index contributed by atoms with van der Waals surface area (Å²) < 4.78 is 10.2. The lowest BCUT2D eigenvalue weighted by atomic mass is 10.1. The average Bonchev–Trinajstić information content (AvgIpc) is 2.36. The number of carbonyl (C=O) groups excluding carboxylic acids is 2. The first-order valence-corrected chi connectivity index (χ1v) is 5.12. The van der Waals surface area contributed by atoms with Crippen molar-refractivity contribution in [2.45, 2.75) is 6.42 Å². The van der Waals surface area contributed by atoms with Crippen molar-refractivity contribution in [2.75, 3.05) is 14.2 Å². The Kier molecular flexibility index (Phi) is 4.79. The van der Waals surface area contributed by atoms with Gasteiger partial charge in [-0.15, -0.1) is 0 Å². The summed E-state index contributed by atoms with van der Waals surface area (Å²) in [5.41, 5.74) is 9.70. The van der Waals surface area contributed by atoms with Crippen LogP contribution in [0.5, 0.6) is 11.5 Å². The fourth-order valence-corrected chi connectivity index (χ4v) is 1.35. The molecule has 0 aliphatic heterocycles. The molecule has 98 valence electrons. The number of urea groups is 1. The van der Waals surface area contributed by atoms with Crippen LogP contribution in [-0.2, 0) is 11.2 Å². The molecule has 0 aromatic heterocycles. The summed E-state index contributed by atoms with van der Waals surface area (Å²) in [7, 11) is 3.04. The zero-order valence-electron chi connectivity index (χ0n) is 10.1. The van der Waals surface area contributed by atoms with Crippen LogP contribution in [0.2, 0.25) is 0 Å². The van der Waals surface area contributed by atoms with Crippen LogP contribution in [0.4, 0.5) is 4.79 Å². The molecule has 0 aliphatic rings. The second kappa shape index (κ2) is 6.33. The molecule has 0 saturated heterocycles. The lowest BCUT2D eigenvalue weighted by Crippen LogP contribution is -2.45. The molecule has 7 heteroatoms. The highest BCUT2D eigenvalue weighted by molar-refractivity contribution is 5.82. The second-order valence-electron chi connectivity index (χ2n) is 3.40. The van der Waals surface area contributed by atoms with E-state index in [1.807, 2.05) is 5.43 Å². The van der Waals surface area contributed by atoms with E-state index in [4.69, 9.17) is 15.2 Å². The largest absolute Gasteiger partial charge is 0.493 e. The van der Waals surface area contributed by atoms with Crippen LogP contribution in [0.3, 0.4) is 0 Å². The number of rotatable bonds is 4. The van der Waals surface area contributed by atoms with Crippen LogP contribution >= 0.6 is 0 Å². The third-order valence-electron chi connectivity index (χ3n) is 2.14. The third-order valence-corrected chi connectivity index (χ3v) is 2.14. The van der Waals surface area contributed by atoms with Gasteiger partial charge in [-0.3, -0.25) is 10.2 Å². The van der Waals surface area contributed by atoms with Gasteiger partial charge < -0.3 is 15.2 Å². The van der Waals surface area contributed by atoms with Crippen molar-refractivity contribution >= 4 is 11.9 Å². The standard InChI is InChI=1S/C11H15N3O4/c1-17-8-4-3-7(5-9(8)18-2)6-10(15)13-14-11(12)16/h3-5H,6H2,1-2H3,(H,13,15)(H3,12,14,16). The lowest BCUT2D eigenvalue weighted by molar-refractivity contribution is -0.121. The van der Waals surface area contributed by atoms with Crippen molar-refractivity contribution < 1.29 is 19.1 Å². The normalized spacial score (nSPS) is 9.44. The minimum Gasteiger partial charge on any atom is -0.493 e. The molecule has 18 heavy (non-hydrogen) atoms. The second-order valence-corrected chi connectivity index (χ2v) is 3.40. The zero-order valence-corrected chi connectivity index (χ0v) is 10.1. The minimum atomic E-state index is -0.823. The van der Waals surface area contributed by atoms with E-state index < -0.39 is 6.03 Å². The Balaban J connectivity index is 2.67. The van der Waals surface area contributed by atoms with Crippen LogP contribution in [0.1, 0.15) is 5.56 Å². The lowest BCUT2D eigenvalue weighted by Gasteiger charge is -2.09. The monoisotopic (exact) mass is 253 g/mol. The molecule has 0 atom stereocenters. The van der Waals surface area contributed by atoms with Crippen molar-refractivity contribution in [3.8, 4) is 11.5 Å². The van der Waals surface area contributed by atoms with Gasteiger partial charge in [-0.05, 0) is 17.7 Å². The SMILES string of the molecule is COc1ccc(CC(=O)NNC(N)=O)cc1OC. The number of benzene rings is 1. The van der Waals surface area contributed by atoms with Crippen LogP contribution < -0.4 is 26.1 Å². The van der Waals surface area contributed by atoms with E-state index >= 15 is 0 Å². The molecule has 3 amide bonds. The van der Waals surface area contributed by atoms with E-state index in [-0.39, 0.29) is 12.3 Å². The molecular weight excluding hydrogens is 238 g/mol. The molecular formula is C11H15N3O4. The Labute approximate surface area is 104 Å². The number of nitrogens with one attached hydrogen (secondary N) is 2. The van der Waals surface area contributed by atoms with Gasteiger partial charge in [-0.2, -0.15) is 0 Å². The van der Waals surface area contributed by atoms with Crippen molar-refractivity contribution in [3.63, 3.8) is 0 Å². The first-order valence-electron chi connectivity index (χ1n) is 5.12. The number of ether oxygens (including phenoxy) is 2. The summed E-state index contributed by atoms with van der Waals surface area (Å²) in [5.74, 6) is 0.726. The van der Waals surface area contributed by atoms with Crippen molar-refractivity contribution in [3.05, 3.63) is 23.8 Å². The molecule has 0 spiro atoms. The van der Waals surface area contributed by atoms with Crippen LogP contribution in [0, 0.1) is 0 Å². The number of nitrogens with two attached hydrogens (primary N) is 1. The Morgan fingerprint density at radius 2 is 1.83 bits per heavy atom. The van der Waals surface area contributed by atoms with E-state index in [0.717, 1.165) is 5.56 Å². The van der Waals surface area contributed by atoms with Crippen LogP contribution in [-0.4, -0.2) is 26.2 Å². The summed E-state index contributed by atoms with van der Waals surface area (Å²) in [5, 5.41) is 0. The van der Waals surface area contributed by atoms with Crippen LogP contribution in [0.15, 0.2) is 18.2 Å². The number of amides is 3. The van der Waals surface area contributed by atoms with Crippen molar-refractivity contribution in [1.29, 1.82) is 0 Å². The maximum Gasteiger partial charge on any atom is 0.330 e. The molecule has 0 aliphatic carbocycles. The summed E-state index contributed by atoms with van der Waals surface area (Å²) in [6, 6.07) is 4.28. The summed E-state index contributed by atoms with van der Waals surface area (Å²) >= 11 is 0. The number of primary amides is 1. The topological polar surface area (TPSA) is 103 Å². The molecule has 7 nitrogen and oxygen atoms in total. The molecule has 0 fully saturated rings. The van der Waals surface area contributed by atoms with Crippen molar-refractivity contribution in [2.24, 2.45) is 5.73 Å². The third kappa shape index (κ3) is 3.85. The number of carbonyl (C=O) groups is 2. The fourth-order valence-electron chi connectivity index (χ4n) is 1.35. The average molecular weight is 253 g/mol. The van der Waals surface area contributed by atoms with E-state index in [1.54, 1.807) is 18.2 Å². The number of methoxy groups -OCH3 is 2. The fraction of sp³-hybridized carbons (Fsp3) is 0.273. The molecule has 0 heterocycles. The van der Waals surface area contributed by atoms with Gasteiger partial charge in [-0.1, -0.05) is 6.07 Å². The maximum absolute atomic E-state index is 11.4. The molecule has 1 rings (SSSR count). The maximum atomic E-state index is 11.4. The highest BCUT2D eigenvalue weighted by Gasteiger charge is 2.08. The van der Waals surface area contributed by atoms with Gasteiger partial charge in [0.05, 0.1) is 20.6 Å². The first-order chi connectivity index (χ1) is 8.56. The highest BCUT2D eigenvalue weighted by Crippen LogP contribution is 2.27. The van der Waals surface area contributed by atoms with E-state index in [0.29, 0.717) is 11.5 Å². The number of hydrogen-bond donors (Lipinski definition) is 3. The van der Waals surface area contributed by atoms with Gasteiger partial charge in [0.25, 0.3) is 0 Å². The number of hydrazine groups is 1. The molecule has 0 saturated carbocycles. The molecule has 4 N–H and O–H groups in total. The van der Waals surface area contributed by atoms with Gasteiger partial charge in [0.2, 0.25) is 5.91 Å². The van der Waals surface area contributed by atoms with Crippen molar-refractivity contribution in [1.82, 2.24) is 10.9 Å². The summed E-state index contributed by atoms with van der Waals surface area (Å²) in [4.78, 5) is 21.8. The van der Waals surface area contributed by atoms with Crippen LogP contribution in [0.25, 0.3) is 0 Å². The Morgan fingerprint density at radius 3 is 2.39 bits per heavy atom. The Morgan fingerprint density at radius 1 is 1.17 bits per heavy atom. The predicted octanol–water partition coefficient (Wildman–Crippen LogP) is -0.0542.